The van der Waals surface area contributed by atoms with Crippen LogP contribution in [0.5, 0.6) is 11.5 Å². The van der Waals surface area contributed by atoms with Crippen LogP contribution in [0.1, 0.15) is 26.7 Å². The van der Waals surface area contributed by atoms with E-state index in [9.17, 15) is 0 Å². The maximum absolute atomic E-state index is 5.68. The van der Waals surface area contributed by atoms with Crippen molar-refractivity contribution >= 4 is 0 Å². The molecule has 0 unspecified atom stereocenters. The van der Waals surface area contributed by atoms with E-state index in [1.807, 2.05) is 24.3 Å². The molecule has 106 valence electrons. The highest BCUT2D eigenvalue weighted by atomic mass is 16.5. The van der Waals surface area contributed by atoms with Gasteiger partial charge in [0.25, 0.3) is 0 Å². The van der Waals surface area contributed by atoms with Crippen LogP contribution in [0.4, 0.5) is 0 Å². The van der Waals surface area contributed by atoms with Gasteiger partial charge in [0.05, 0.1) is 7.11 Å². The smallest absolute Gasteiger partial charge is 0.119 e. The van der Waals surface area contributed by atoms with Gasteiger partial charge in [-0.15, -0.1) is 0 Å². The Hall–Kier alpha value is -1.22. The summed E-state index contributed by atoms with van der Waals surface area (Å²) in [7, 11) is 1.67. The molecule has 0 heterocycles. The Balaban J connectivity index is 1.61. The Morgan fingerprint density at radius 1 is 1.16 bits per heavy atom. The van der Waals surface area contributed by atoms with E-state index in [1.165, 1.54) is 12.8 Å². The summed E-state index contributed by atoms with van der Waals surface area (Å²) in [6.45, 7) is 7.38. The lowest BCUT2D eigenvalue weighted by Crippen LogP contribution is -2.30. The summed E-state index contributed by atoms with van der Waals surface area (Å²) in [4.78, 5) is 0. The quantitative estimate of drug-likeness (QED) is 0.731. The van der Waals surface area contributed by atoms with Crippen molar-refractivity contribution in [2.24, 2.45) is 11.3 Å². The molecule has 0 spiro atoms. The zero-order valence-corrected chi connectivity index (χ0v) is 12.2. The van der Waals surface area contributed by atoms with E-state index in [0.29, 0.717) is 12.0 Å². The first-order valence-corrected chi connectivity index (χ1v) is 7.14. The van der Waals surface area contributed by atoms with Crippen molar-refractivity contribution in [3.63, 3.8) is 0 Å². The summed E-state index contributed by atoms with van der Waals surface area (Å²) < 4.78 is 10.8. The lowest BCUT2D eigenvalue weighted by atomic mass is 9.92. The van der Waals surface area contributed by atoms with Gasteiger partial charge < -0.3 is 14.8 Å². The van der Waals surface area contributed by atoms with Crippen molar-refractivity contribution in [2.45, 2.75) is 26.7 Å². The van der Waals surface area contributed by atoms with Gasteiger partial charge in [-0.25, -0.2) is 0 Å². The van der Waals surface area contributed by atoms with Crippen LogP contribution in [0.15, 0.2) is 24.3 Å². The lowest BCUT2D eigenvalue weighted by Gasteiger charge is -2.20. The fraction of sp³-hybridized carbons (Fsp3) is 0.625. The molecule has 0 atom stereocenters. The van der Waals surface area contributed by atoms with Crippen molar-refractivity contribution in [3.8, 4) is 11.5 Å². The minimum Gasteiger partial charge on any atom is -0.497 e. The third-order valence-electron chi connectivity index (χ3n) is 4.20. The number of hydrogen-bond acceptors (Lipinski definition) is 3. The van der Waals surface area contributed by atoms with Crippen LogP contribution in [0.2, 0.25) is 0 Å². The Bertz CT molecular complexity index is 382. The molecule has 0 saturated heterocycles. The van der Waals surface area contributed by atoms with Crippen LogP contribution in [-0.2, 0) is 0 Å². The molecule has 0 bridgehead atoms. The highest BCUT2D eigenvalue weighted by Gasteiger charge is 2.44. The molecule has 1 fully saturated rings. The standard InChI is InChI=1S/C16H25NO2/c1-13(2)16(8-9-16)12-17-10-11-19-15-6-4-14(18-3)5-7-15/h4-7,13,17H,8-12H2,1-3H3. The number of ether oxygens (including phenoxy) is 2. The minimum atomic E-state index is 0.570. The number of nitrogens with one attached hydrogen (secondary N) is 1. The summed E-state index contributed by atoms with van der Waals surface area (Å²) in [5, 5.41) is 3.51. The first kappa shape index (κ1) is 14.2. The largest absolute Gasteiger partial charge is 0.497 e. The predicted octanol–water partition coefficient (Wildman–Crippen LogP) is 3.10. The maximum atomic E-state index is 5.68. The third-order valence-corrected chi connectivity index (χ3v) is 4.20. The van der Waals surface area contributed by atoms with Gasteiger partial charge in [-0.3, -0.25) is 0 Å². The van der Waals surface area contributed by atoms with Crippen molar-refractivity contribution in [1.82, 2.24) is 5.32 Å². The van der Waals surface area contributed by atoms with Gasteiger partial charge >= 0.3 is 0 Å². The Labute approximate surface area is 116 Å². The molecule has 3 heteroatoms. The van der Waals surface area contributed by atoms with E-state index in [4.69, 9.17) is 9.47 Å². The zero-order valence-electron chi connectivity index (χ0n) is 12.2. The van der Waals surface area contributed by atoms with E-state index in [-0.39, 0.29) is 0 Å². The highest BCUT2D eigenvalue weighted by Crippen LogP contribution is 2.51. The van der Waals surface area contributed by atoms with Crippen LogP contribution in [0.25, 0.3) is 0 Å². The van der Waals surface area contributed by atoms with Crippen LogP contribution in [-0.4, -0.2) is 26.8 Å². The molecular formula is C16H25NO2. The topological polar surface area (TPSA) is 30.5 Å². The third kappa shape index (κ3) is 3.87. The lowest BCUT2D eigenvalue weighted by molar-refractivity contribution is 0.289. The molecule has 0 aliphatic heterocycles. The molecule has 1 saturated carbocycles. The highest BCUT2D eigenvalue weighted by molar-refractivity contribution is 5.31. The average Bonchev–Trinajstić information content (AvgIpc) is 3.20. The molecule has 1 aromatic carbocycles. The van der Waals surface area contributed by atoms with Gasteiger partial charge in [0.1, 0.15) is 18.1 Å². The van der Waals surface area contributed by atoms with E-state index < -0.39 is 0 Å². The minimum absolute atomic E-state index is 0.570. The average molecular weight is 263 g/mol. The Morgan fingerprint density at radius 3 is 2.32 bits per heavy atom. The monoisotopic (exact) mass is 263 g/mol. The van der Waals surface area contributed by atoms with Gasteiger partial charge in [0, 0.05) is 13.1 Å². The fourth-order valence-electron chi connectivity index (χ4n) is 2.37. The first-order chi connectivity index (χ1) is 9.16. The van der Waals surface area contributed by atoms with Gasteiger partial charge in [-0.05, 0) is 48.4 Å². The fourth-order valence-corrected chi connectivity index (χ4v) is 2.37. The normalized spacial score (nSPS) is 16.4. The van der Waals surface area contributed by atoms with Gasteiger partial charge in [-0.2, -0.15) is 0 Å². The second-order valence-corrected chi connectivity index (χ2v) is 5.72. The van der Waals surface area contributed by atoms with Crippen molar-refractivity contribution in [2.75, 3.05) is 26.8 Å². The van der Waals surface area contributed by atoms with Crippen LogP contribution >= 0.6 is 0 Å². The van der Waals surface area contributed by atoms with Crippen molar-refractivity contribution < 1.29 is 9.47 Å². The molecule has 1 aliphatic carbocycles. The molecule has 1 N–H and O–H groups in total. The summed E-state index contributed by atoms with van der Waals surface area (Å²) in [5.41, 5.74) is 0.570. The van der Waals surface area contributed by atoms with Crippen molar-refractivity contribution in [1.29, 1.82) is 0 Å². The SMILES string of the molecule is COc1ccc(OCCNCC2(C(C)C)CC2)cc1. The van der Waals surface area contributed by atoms with E-state index >= 15 is 0 Å². The molecular weight excluding hydrogens is 238 g/mol. The molecule has 1 aromatic rings. The maximum Gasteiger partial charge on any atom is 0.119 e. The second kappa shape index (κ2) is 6.29. The number of rotatable bonds is 8. The summed E-state index contributed by atoms with van der Waals surface area (Å²) >= 11 is 0. The molecule has 0 aromatic heterocycles. The van der Waals surface area contributed by atoms with Crippen LogP contribution in [0, 0.1) is 11.3 Å². The Morgan fingerprint density at radius 2 is 1.79 bits per heavy atom. The van der Waals surface area contributed by atoms with E-state index in [2.05, 4.69) is 19.2 Å². The zero-order chi connectivity index (χ0) is 13.7. The molecule has 0 radical (unpaired) electrons. The summed E-state index contributed by atoms with van der Waals surface area (Å²) in [6.07, 6.45) is 2.74. The molecule has 1 aliphatic rings. The van der Waals surface area contributed by atoms with Gasteiger partial charge in [-0.1, -0.05) is 13.8 Å². The van der Waals surface area contributed by atoms with Gasteiger partial charge in [0.2, 0.25) is 0 Å². The Kier molecular flexibility index (Phi) is 4.70. The number of methoxy groups -OCH3 is 1. The number of benzene rings is 1. The molecule has 0 amide bonds. The van der Waals surface area contributed by atoms with E-state index in [1.54, 1.807) is 7.11 Å². The predicted molar refractivity (Wildman–Crippen MR) is 77.9 cm³/mol. The van der Waals surface area contributed by atoms with Gasteiger partial charge in [0.15, 0.2) is 0 Å². The molecule has 3 nitrogen and oxygen atoms in total. The second-order valence-electron chi connectivity index (χ2n) is 5.72. The van der Waals surface area contributed by atoms with Crippen LogP contribution in [0.3, 0.4) is 0 Å². The van der Waals surface area contributed by atoms with E-state index in [0.717, 1.165) is 30.5 Å². The first-order valence-electron chi connectivity index (χ1n) is 7.14. The van der Waals surface area contributed by atoms with Crippen LogP contribution < -0.4 is 14.8 Å². The molecule has 2 rings (SSSR count). The van der Waals surface area contributed by atoms with Crippen molar-refractivity contribution in [3.05, 3.63) is 24.3 Å². The number of hydrogen-bond donors (Lipinski definition) is 1. The summed E-state index contributed by atoms with van der Waals surface area (Å²) in [5.74, 6) is 2.54. The molecule has 19 heavy (non-hydrogen) atoms. The summed E-state index contributed by atoms with van der Waals surface area (Å²) in [6, 6.07) is 7.71.